The number of nitrogens with zero attached hydrogens (tertiary/aromatic N) is 3. The van der Waals surface area contributed by atoms with Gasteiger partial charge in [-0.1, -0.05) is 158 Å². The van der Waals surface area contributed by atoms with Crippen molar-refractivity contribution in [3.05, 3.63) is 176 Å². The molecule has 0 bridgehead atoms. The minimum atomic E-state index is 0.558. The summed E-state index contributed by atoms with van der Waals surface area (Å²) in [6.45, 7) is 0. The van der Waals surface area contributed by atoms with Crippen molar-refractivity contribution in [3.8, 4) is 67.5 Å². The molecule has 0 fully saturated rings. The molecular weight excluding hydrogens is 599 g/mol. The zero-order chi connectivity index (χ0) is 32.6. The van der Waals surface area contributed by atoms with Crippen molar-refractivity contribution in [1.29, 1.82) is 0 Å². The number of benzene rings is 7. The average Bonchev–Trinajstić information content (AvgIpc) is 3.58. The summed E-state index contributed by atoms with van der Waals surface area (Å²) >= 11 is 0. The molecule has 230 valence electrons. The van der Waals surface area contributed by atoms with Crippen LogP contribution in [0, 0.1) is 0 Å². The average molecular weight is 628 g/mol. The molecule has 7 aromatic carbocycles. The Morgan fingerprint density at radius 1 is 0.327 bits per heavy atom. The maximum atomic E-state index is 6.63. The van der Waals surface area contributed by atoms with Gasteiger partial charge in [0.2, 0.25) is 0 Å². The van der Waals surface area contributed by atoms with Gasteiger partial charge in [-0.15, -0.1) is 0 Å². The second kappa shape index (κ2) is 12.2. The lowest BCUT2D eigenvalue weighted by molar-refractivity contribution is 0.669. The molecule has 9 rings (SSSR count). The SMILES string of the molecule is c1ccc(-c2ccc(-c3nc(-c4cccc(-c5ccccc5)c4)nc(-c4cccc5c4oc4cccc(-c6ccccc6)c45)n3)cc2)cc1. The molecule has 0 aliphatic heterocycles. The van der Waals surface area contributed by atoms with E-state index in [4.69, 9.17) is 19.4 Å². The predicted molar refractivity (Wildman–Crippen MR) is 200 cm³/mol. The molecule has 0 saturated heterocycles. The summed E-state index contributed by atoms with van der Waals surface area (Å²) in [5, 5.41) is 2.10. The van der Waals surface area contributed by atoms with E-state index < -0.39 is 0 Å². The molecule has 49 heavy (non-hydrogen) atoms. The van der Waals surface area contributed by atoms with Crippen molar-refractivity contribution < 1.29 is 4.42 Å². The highest BCUT2D eigenvalue weighted by Crippen LogP contribution is 2.40. The Morgan fingerprint density at radius 2 is 0.816 bits per heavy atom. The summed E-state index contributed by atoms with van der Waals surface area (Å²) < 4.78 is 6.63. The summed E-state index contributed by atoms with van der Waals surface area (Å²) in [7, 11) is 0. The lowest BCUT2D eigenvalue weighted by Gasteiger charge is -2.10. The lowest BCUT2D eigenvalue weighted by Crippen LogP contribution is -2.00. The number of aromatic nitrogens is 3. The van der Waals surface area contributed by atoms with E-state index in [1.165, 1.54) is 0 Å². The molecule has 9 aromatic rings. The molecule has 4 nitrogen and oxygen atoms in total. The molecule has 2 aromatic heterocycles. The van der Waals surface area contributed by atoms with Crippen molar-refractivity contribution in [2.24, 2.45) is 0 Å². The van der Waals surface area contributed by atoms with E-state index in [1.807, 2.05) is 36.4 Å². The molecule has 0 N–H and O–H groups in total. The topological polar surface area (TPSA) is 51.8 Å². The second-order valence-electron chi connectivity index (χ2n) is 12.0. The number of rotatable bonds is 6. The first kappa shape index (κ1) is 28.6. The van der Waals surface area contributed by atoms with Crippen LogP contribution >= 0.6 is 0 Å². The Kier molecular flexibility index (Phi) is 7.10. The van der Waals surface area contributed by atoms with Gasteiger partial charge in [0.15, 0.2) is 17.5 Å². The third-order valence-electron chi connectivity index (χ3n) is 8.96. The maximum Gasteiger partial charge on any atom is 0.167 e. The van der Waals surface area contributed by atoms with Crippen molar-refractivity contribution in [3.63, 3.8) is 0 Å². The van der Waals surface area contributed by atoms with Gasteiger partial charge in [-0.3, -0.25) is 0 Å². The van der Waals surface area contributed by atoms with Gasteiger partial charge >= 0.3 is 0 Å². The first-order valence-corrected chi connectivity index (χ1v) is 16.4. The van der Waals surface area contributed by atoms with Crippen molar-refractivity contribution in [2.75, 3.05) is 0 Å². The summed E-state index contributed by atoms with van der Waals surface area (Å²) in [6.07, 6.45) is 0. The Balaban J connectivity index is 1.23. The standard InChI is InChI=1S/C45H29N3O/c1-4-13-30(14-5-1)32-25-27-34(28-26-32)43-46-44(36-20-10-19-35(29-36)31-15-6-2-7-16-31)48-45(47-43)39-23-11-22-38-41-37(33-17-8-3-9-18-33)21-12-24-40(41)49-42(38)39/h1-29H. The van der Waals surface area contributed by atoms with Crippen molar-refractivity contribution in [2.45, 2.75) is 0 Å². The third kappa shape index (κ3) is 5.35. The minimum Gasteiger partial charge on any atom is -0.455 e. The van der Waals surface area contributed by atoms with E-state index in [1.54, 1.807) is 0 Å². The molecule has 0 unspecified atom stereocenters. The van der Waals surface area contributed by atoms with Crippen LogP contribution in [0.5, 0.6) is 0 Å². The summed E-state index contributed by atoms with van der Waals surface area (Å²) in [5.41, 5.74) is 11.0. The summed E-state index contributed by atoms with van der Waals surface area (Å²) in [6, 6.07) is 60.4. The van der Waals surface area contributed by atoms with E-state index in [9.17, 15) is 0 Å². The van der Waals surface area contributed by atoms with Crippen molar-refractivity contribution >= 4 is 21.9 Å². The van der Waals surface area contributed by atoms with Crippen LogP contribution in [0.2, 0.25) is 0 Å². The Morgan fingerprint density at radius 3 is 1.53 bits per heavy atom. The van der Waals surface area contributed by atoms with Gasteiger partial charge in [0.25, 0.3) is 0 Å². The number of furan rings is 1. The van der Waals surface area contributed by atoms with E-state index in [-0.39, 0.29) is 0 Å². The van der Waals surface area contributed by atoms with Gasteiger partial charge in [0.1, 0.15) is 11.2 Å². The second-order valence-corrected chi connectivity index (χ2v) is 12.0. The van der Waals surface area contributed by atoms with Crippen molar-refractivity contribution in [1.82, 2.24) is 15.0 Å². The summed E-state index contributed by atoms with van der Waals surface area (Å²) in [5.74, 6) is 1.76. The molecule has 2 heterocycles. The first-order chi connectivity index (χ1) is 24.3. The van der Waals surface area contributed by atoms with Crippen LogP contribution in [-0.2, 0) is 0 Å². The van der Waals surface area contributed by atoms with E-state index in [0.29, 0.717) is 17.5 Å². The highest BCUT2D eigenvalue weighted by atomic mass is 16.3. The van der Waals surface area contributed by atoms with E-state index in [0.717, 1.165) is 72.0 Å². The first-order valence-electron chi connectivity index (χ1n) is 16.4. The van der Waals surface area contributed by atoms with Gasteiger partial charge < -0.3 is 4.42 Å². The van der Waals surface area contributed by atoms with E-state index >= 15 is 0 Å². The fourth-order valence-electron chi connectivity index (χ4n) is 6.55. The molecule has 0 amide bonds. The molecule has 0 radical (unpaired) electrons. The van der Waals surface area contributed by atoms with Crippen LogP contribution in [0.3, 0.4) is 0 Å². The molecule has 4 heteroatoms. The van der Waals surface area contributed by atoms with Crippen LogP contribution in [0.1, 0.15) is 0 Å². The maximum absolute atomic E-state index is 6.63. The number of hydrogen-bond acceptors (Lipinski definition) is 4. The molecule has 0 spiro atoms. The fourth-order valence-corrected chi connectivity index (χ4v) is 6.55. The molecule has 0 saturated carbocycles. The molecular formula is C45H29N3O. The minimum absolute atomic E-state index is 0.558. The van der Waals surface area contributed by atoms with Crippen LogP contribution in [-0.4, -0.2) is 15.0 Å². The Hall–Kier alpha value is -6.65. The number of para-hydroxylation sites is 1. The van der Waals surface area contributed by atoms with Crippen LogP contribution in [0.15, 0.2) is 180 Å². The Labute approximate surface area is 284 Å². The number of fused-ring (bicyclic) bond motifs is 3. The Bertz CT molecular complexity index is 2580. The monoisotopic (exact) mass is 627 g/mol. The van der Waals surface area contributed by atoms with Crippen LogP contribution in [0.4, 0.5) is 0 Å². The molecule has 0 aliphatic carbocycles. The third-order valence-corrected chi connectivity index (χ3v) is 8.96. The summed E-state index contributed by atoms with van der Waals surface area (Å²) in [4.78, 5) is 15.3. The highest BCUT2D eigenvalue weighted by molar-refractivity contribution is 6.15. The van der Waals surface area contributed by atoms with Gasteiger partial charge in [-0.2, -0.15) is 0 Å². The molecule has 0 aliphatic rings. The van der Waals surface area contributed by atoms with Gasteiger partial charge in [-0.25, -0.2) is 15.0 Å². The van der Waals surface area contributed by atoms with E-state index in [2.05, 4.69) is 140 Å². The highest BCUT2D eigenvalue weighted by Gasteiger charge is 2.19. The predicted octanol–water partition coefficient (Wildman–Crippen LogP) is 11.8. The zero-order valence-electron chi connectivity index (χ0n) is 26.5. The largest absolute Gasteiger partial charge is 0.455 e. The molecule has 0 atom stereocenters. The van der Waals surface area contributed by atoms with Crippen LogP contribution in [0.25, 0.3) is 89.5 Å². The quantitative estimate of drug-likeness (QED) is 0.184. The fraction of sp³-hybridized carbons (Fsp3) is 0. The zero-order valence-corrected chi connectivity index (χ0v) is 26.5. The van der Waals surface area contributed by atoms with Crippen LogP contribution < -0.4 is 0 Å². The van der Waals surface area contributed by atoms with Gasteiger partial charge in [0, 0.05) is 21.9 Å². The normalized spacial score (nSPS) is 11.3. The smallest absolute Gasteiger partial charge is 0.167 e. The van der Waals surface area contributed by atoms with Gasteiger partial charge in [-0.05, 0) is 51.6 Å². The number of hydrogen-bond donors (Lipinski definition) is 0. The van der Waals surface area contributed by atoms with Gasteiger partial charge in [0.05, 0.1) is 5.56 Å². The lowest BCUT2D eigenvalue weighted by atomic mass is 9.99.